The Morgan fingerprint density at radius 1 is 1.50 bits per heavy atom. The van der Waals surface area contributed by atoms with Crippen LogP contribution in [-0.2, 0) is 16.0 Å². The number of nitrogens with one attached hydrogen (secondary N) is 2. The lowest BCUT2D eigenvalue weighted by molar-refractivity contribution is -0.120. The number of amides is 1. The van der Waals surface area contributed by atoms with Gasteiger partial charge in [-0.05, 0) is 25.5 Å². The van der Waals surface area contributed by atoms with Crippen LogP contribution in [0.2, 0.25) is 0 Å². The number of thiophene rings is 1. The highest BCUT2D eigenvalue weighted by molar-refractivity contribution is 7.12. The van der Waals surface area contributed by atoms with E-state index >= 15 is 0 Å². The van der Waals surface area contributed by atoms with E-state index in [1.54, 1.807) is 18.4 Å². The molecule has 18 heavy (non-hydrogen) atoms. The van der Waals surface area contributed by atoms with Crippen LogP contribution in [0.15, 0.2) is 12.1 Å². The molecular weight excluding hydrogens is 248 g/mol. The standard InChI is InChI=1S/C13H22N2O2S/c1-4-11-5-6-12(18-11)10(2)15-9-13(16)14-7-8-17-3/h5-6,10,15H,4,7-9H2,1-3H3,(H,14,16). The summed E-state index contributed by atoms with van der Waals surface area (Å²) in [6.07, 6.45) is 1.06. The first kappa shape index (κ1) is 15.1. The van der Waals surface area contributed by atoms with Gasteiger partial charge in [0.1, 0.15) is 0 Å². The van der Waals surface area contributed by atoms with Crippen molar-refractivity contribution in [3.8, 4) is 0 Å². The molecule has 0 aliphatic rings. The SMILES string of the molecule is CCc1ccc(C(C)NCC(=O)NCCOC)s1. The fraction of sp³-hybridized carbons (Fsp3) is 0.615. The second kappa shape index (κ2) is 8.24. The predicted molar refractivity (Wildman–Crippen MR) is 75.0 cm³/mol. The molecule has 1 heterocycles. The largest absolute Gasteiger partial charge is 0.383 e. The van der Waals surface area contributed by atoms with Crippen LogP contribution in [0, 0.1) is 0 Å². The molecule has 0 aliphatic heterocycles. The van der Waals surface area contributed by atoms with Crippen LogP contribution >= 0.6 is 11.3 Å². The minimum atomic E-state index is 0.00571. The van der Waals surface area contributed by atoms with Gasteiger partial charge in [0.2, 0.25) is 5.91 Å². The Kier molecular flexibility index (Phi) is 6.93. The average Bonchev–Trinajstić information content (AvgIpc) is 2.85. The Morgan fingerprint density at radius 2 is 2.28 bits per heavy atom. The number of carbonyl (C=O) groups is 1. The van der Waals surface area contributed by atoms with Gasteiger partial charge in [-0.3, -0.25) is 4.79 Å². The molecule has 0 fully saturated rings. The number of methoxy groups -OCH3 is 1. The Labute approximate surface area is 113 Å². The maximum atomic E-state index is 11.5. The molecule has 0 saturated heterocycles. The molecule has 0 aliphatic carbocycles. The molecule has 102 valence electrons. The van der Waals surface area contributed by atoms with Crippen LogP contribution in [0.4, 0.5) is 0 Å². The van der Waals surface area contributed by atoms with Gasteiger partial charge < -0.3 is 15.4 Å². The molecule has 2 N–H and O–H groups in total. The lowest BCUT2D eigenvalue weighted by atomic mass is 10.2. The van der Waals surface area contributed by atoms with Crippen molar-refractivity contribution >= 4 is 17.2 Å². The van der Waals surface area contributed by atoms with Crippen molar-refractivity contribution in [2.75, 3.05) is 26.8 Å². The highest BCUT2D eigenvalue weighted by Gasteiger charge is 2.09. The molecule has 1 amide bonds. The molecule has 1 aromatic rings. The van der Waals surface area contributed by atoms with E-state index in [9.17, 15) is 4.79 Å². The van der Waals surface area contributed by atoms with Crippen molar-refractivity contribution in [3.05, 3.63) is 21.9 Å². The Morgan fingerprint density at radius 3 is 2.89 bits per heavy atom. The summed E-state index contributed by atoms with van der Waals surface area (Å²) in [4.78, 5) is 14.1. The Balaban J connectivity index is 2.27. The van der Waals surface area contributed by atoms with Gasteiger partial charge in [-0.2, -0.15) is 0 Å². The summed E-state index contributed by atoms with van der Waals surface area (Å²) in [5.41, 5.74) is 0. The van der Waals surface area contributed by atoms with E-state index in [0.29, 0.717) is 19.7 Å². The maximum Gasteiger partial charge on any atom is 0.234 e. The first-order valence-corrected chi connectivity index (χ1v) is 7.06. The van der Waals surface area contributed by atoms with Gasteiger partial charge >= 0.3 is 0 Å². The molecule has 0 aromatic carbocycles. The van der Waals surface area contributed by atoms with E-state index in [2.05, 4.69) is 36.6 Å². The lowest BCUT2D eigenvalue weighted by Gasteiger charge is -2.12. The summed E-state index contributed by atoms with van der Waals surface area (Å²) in [7, 11) is 1.62. The van der Waals surface area contributed by atoms with Gasteiger partial charge in [-0.15, -0.1) is 11.3 Å². The van der Waals surface area contributed by atoms with Crippen LogP contribution < -0.4 is 10.6 Å². The summed E-state index contributed by atoms with van der Waals surface area (Å²) >= 11 is 1.80. The van der Waals surface area contributed by atoms with E-state index in [-0.39, 0.29) is 11.9 Å². The van der Waals surface area contributed by atoms with Crippen LogP contribution in [-0.4, -0.2) is 32.7 Å². The number of hydrogen-bond donors (Lipinski definition) is 2. The number of hydrogen-bond acceptors (Lipinski definition) is 4. The zero-order valence-electron chi connectivity index (χ0n) is 11.3. The van der Waals surface area contributed by atoms with E-state index < -0.39 is 0 Å². The molecule has 1 unspecified atom stereocenters. The molecule has 1 rings (SSSR count). The van der Waals surface area contributed by atoms with Gasteiger partial charge in [0, 0.05) is 29.5 Å². The van der Waals surface area contributed by atoms with Crippen LogP contribution in [0.1, 0.15) is 29.6 Å². The molecule has 5 heteroatoms. The van der Waals surface area contributed by atoms with Crippen molar-refractivity contribution in [1.82, 2.24) is 10.6 Å². The highest BCUT2D eigenvalue weighted by atomic mass is 32.1. The lowest BCUT2D eigenvalue weighted by Crippen LogP contribution is -2.36. The van der Waals surface area contributed by atoms with E-state index in [1.165, 1.54) is 9.75 Å². The predicted octanol–water partition coefficient (Wildman–Crippen LogP) is 1.72. The summed E-state index contributed by atoms with van der Waals surface area (Å²) in [5.74, 6) is 0.00571. The molecular formula is C13H22N2O2S. The third-order valence-electron chi connectivity index (χ3n) is 2.65. The first-order chi connectivity index (χ1) is 8.67. The second-order valence-electron chi connectivity index (χ2n) is 4.10. The molecule has 4 nitrogen and oxygen atoms in total. The fourth-order valence-electron chi connectivity index (χ4n) is 1.52. The summed E-state index contributed by atoms with van der Waals surface area (Å²) < 4.78 is 4.87. The van der Waals surface area contributed by atoms with Gasteiger partial charge in [-0.25, -0.2) is 0 Å². The summed E-state index contributed by atoms with van der Waals surface area (Å²) in [6.45, 7) is 5.67. The van der Waals surface area contributed by atoms with E-state index in [0.717, 1.165) is 6.42 Å². The Bertz CT molecular complexity index is 366. The van der Waals surface area contributed by atoms with Gasteiger partial charge in [0.25, 0.3) is 0 Å². The van der Waals surface area contributed by atoms with Crippen LogP contribution in [0.25, 0.3) is 0 Å². The monoisotopic (exact) mass is 270 g/mol. The maximum absolute atomic E-state index is 11.5. The van der Waals surface area contributed by atoms with Crippen molar-refractivity contribution in [2.45, 2.75) is 26.3 Å². The number of carbonyl (C=O) groups excluding carboxylic acids is 1. The van der Waals surface area contributed by atoms with Crippen molar-refractivity contribution in [3.63, 3.8) is 0 Å². The third kappa shape index (κ3) is 5.16. The molecule has 0 spiro atoms. The second-order valence-corrected chi connectivity index (χ2v) is 5.30. The van der Waals surface area contributed by atoms with Crippen LogP contribution in [0.3, 0.4) is 0 Å². The molecule has 1 aromatic heterocycles. The fourth-order valence-corrected chi connectivity index (χ4v) is 2.50. The van der Waals surface area contributed by atoms with Crippen LogP contribution in [0.5, 0.6) is 0 Å². The number of aryl methyl sites for hydroxylation is 1. The first-order valence-electron chi connectivity index (χ1n) is 6.25. The highest BCUT2D eigenvalue weighted by Crippen LogP contribution is 2.23. The summed E-state index contributed by atoms with van der Waals surface area (Å²) in [6, 6.07) is 4.49. The molecule has 0 bridgehead atoms. The minimum Gasteiger partial charge on any atom is -0.383 e. The van der Waals surface area contributed by atoms with Gasteiger partial charge in [-0.1, -0.05) is 6.92 Å². The van der Waals surface area contributed by atoms with E-state index in [1.807, 2.05) is 0 Å². The average molecular weight is 270 g/mol. The van der Waals surface area contributed by atoms with Crippen molar-refractivity contribution < 1.29 is 9.53 Å². The zero-order chi connectivity index (χ0) is 13.4. The normalized spacial score (nSPS) is 12.4. The molecule has 0 radical (unpaired) electrons. The minimum absolute atomic E-state index is 0.00571. The zero-order valence-corrected chi connectivity index (χ0v) is 12.1. The quantitative estimate of drug-likeness (QED) is 0.707. The van der Waals surface area contributed by atoms with Crippen molar-refractivity contribution in [1.29, 1.82) is 0 Å². The number of ether oxygens (including phenoxy) is 1. The Hall–Kier alpha value is -0.910. The van der Waals surface area contributed by atoms with E-state index in [4.69, 9.17) is 4.74 Å². The summed E-state index contributed by atoms with van der Waals surface area (Å²) in [5, 5.41) is 6.00. The number of rotatable bonds is 8. The van der Waals surface area contributed by atoms with Gasteiger partial charge in [0.15, 0.2) is 0 Å². The van der Waals surface area contributed by atoms with Crippen molar-refractivity contribution in [2.24, 2.45) is 0 Å². The third-order valence-corrected chi connectivity index (χ3v) is 4.07. The molecule has 1 atom stereocenters. The smallest absolute Gasteiger partial charge is 0.234 e. The molecule has 0 saturated carbocycles. The van der Waals surface area contributed by atoms with Gasteiger partial charge in [0.05, 0.1) is 13.2 Å². The topological polar surface area (TPSA) is 50.4 Å².